The molecule has 0 spiro atoms. The van der Waals surface area contributed by atoms with Crippen molar-refractivity contribution in [1.82, 2.24) is 9.78 Å². The van der Waals surface area contributed by atoms with Gasteiger partial charge in [-0.25, -0.2) is 0 Å². The molecular weight excluding hydrogens is 224 g/mol. The molecule has 1 fully saturated rings. The second kappa shape index (κ2) is 6.37. The zero-order valence-electron chi connectivity index (χ0n) is 11.7. The van der Waals surface area contributed by atoms with E-state index >= 15 is 0 Å². The maximum absolute atomic E-state index is 9.76. The molecule has 0 saturated heterocycles. The van der Waals surface area contributed by atoms with Gasteiger partial charge in [-0.2, -0.15) is 5.10 Å². The molecule has 1 aliphatic carbocycles. The normalized spacial score (nSPS) is 18.7. The van der Waals surface area contributed by atoms with Crippen molar-refractivity contribution in [1.29, 1.82) is 0 Å². The summed E-state index contributed by atoms with van der Waals surface area (Å²) in [6.45, 7) is 4.14. The monoisotopic (exact) mass is 250 g/mol. The Labute approximate surface area is 110 Å². The molecule has 2 rings (SSSR count). The fourth-order valence-electron chi connectivity index (χ4n) is 2.71. The number of aliphatic hydroxyl groups is 1. The van der Waals surface area contributed by atoms with Gasteiger partial charge in [0.1, 0.15) is 0 Å². The van der Waals surface area contributed by atoms with Crippen LogP contribution in [0.2, 0.25) is 0 Å². The van der Waals surface area contributed by atoms with Crippen molar-refractivity contribution in [3.05, 3.63) is 18.0 Å². The Morgan fingerprint density at radius 2 is 2.11 bits per heavy atom. The Morgan fingerprint density at radius 3 is 2.78 bits per heavy atom. The van der Waals surface area contributed by atoms with E-state index in [4.69, 9.17) is 0 Å². The van der Waals surface area contributed by atoms with Crippen LogP contribution in [0.25, 0.3) is 0 Å². The first kappa shape index (κ1) is 13.6. The molecule has 0 aliphatic heterocycles. The molecule has 1 atom stereocenters. The Bertz CT molecular complexity index is 353. The zero-order chi connectivity index (χ0) is 13.0. The lowest BCUT2D eigenvalue weighted by atomic mass is 10.0. The van der Waals surface area contributed by atoms with Gasteiger partial charge in [-0.15, -0.1) is 0 Å². The molecule has 1 aliphatic rings. The number of nitrogens with zero attached hydrogens (tertiary/aromatic N) is 2. The Balaban J connectivity index is 1.76. The van der Waals surface area contributed by atoms with E-state index in [0.717, 1.165) is 19.3 Å². The Morgan fingerprint density at radius 1 is 1.39 bits per heavy atom. The smallest absolute Gasteiger partial charge is 0.0624 e. The van der Waals surface area contributed by atoms with Crippen LogP contribution in [0.3, 0.4) is 0 Å². The summed E-state index contributed by atoms with van der Waals surface area (Å²) >= 11 is 0. The second-order valence-corrected chi connectivity index (χ2v) is 5.93. The topological polar surface area (TPSA) is 38.0 Å². The number of aliphatic hydroxyl groups excluding tert-OH is 1. The van der Waals surface area contributed by atoms with Crippen molar-refractivity contribution in [3.8, 4) is 0 Å². The average molecular weight is 250 g/mol. The van der Waals surface area contributed by atoms with Crippen LogP contribution >= 0.6 is 0 Å². The van der Waals surface area contributed by atoms with Crippen LogP contribution in [0.4, 0.5) is 0 Å². The van der Waals surface area contributed by atoms with Crippen LogP contribution in [0.1, 0.15) is 64.1 Å². The van der Waals surface area contributed by atoms with Crippen molar-refractivity contribution in [3.63, 3.8) is 0 Å². The molecule has 1 aromatic rings. The minimum atomic E-state index is -0.165. The number of aryl methyl sites for hydroxylation is 1. The molecular formula is C15H26N2O. The van der Waals surface area contributed by atoms with Crippen LogP contribution in [-0.2, 0) is 6.42 Å². The van der Waals surface area contributed by atoms with E-state index in [9.17, 15) is 5.11 Å². The summed E-state index contributed by atoms with van der Waals surface area (Å²) in [5.41, 5.74) is 1.18. The fraction of sp³-hybridized carbons (Fsp3) is 0.800. The zero-order valence-corrected chi connectivity index (χ0v) is 11.7. The maximum atomic E-state index is 9.76. The van der Waals surface area contributed by atoms with Gasteiger partial charge in [-0.05, 0) is 44.1 Å². The fourth-order valence-corrected chi connectivity index (χ4v) is 2.71. The van der Waals surface area contributed by atoms with E-state index in [1.165, 1.54) is 31.4 Å². The lowest BCUT2D eigenvalue weighted by Crippen LogP contribution is -2.14. The Hall–Kier alpha value is -0.830. The molecule has 3 nitrogen and oxygen atoms in total. The quantitative estimate of drug-likeness (QED) is 0.841. The minimum absolute atomic E-state index is 0.165. The third-order valence-corrected chi connectivity index (χ3v) is 4.06. The van der Waals surface area contributed by atoms with Crippen LogP contribution in [-0.4, -0.2) is 21.0 Å². The molecule has 18 heavy (non-hydrogen) atoms. The predicted molar refractivity (Wildman–Crippen MR) is 73.5 cm³/mol. The molecule has 1 heterocycles. The third kappa shape index (κ3) is 3.58. The summed E-state index contributed by atoms with van der Waals surface area (Å²) in [7, 11) is 0. The summed E-state index contributed by atoms with van der Waals surface area (Å²) in [6, 6.07) is 2.78. The van der Waals surface area contributed by atoms with Gasteiger partial charge >= 0.3 is 0 Å². The van der Waals surface area contributed by atoms with Crippen LogP contribution in [0, 0.1) is 5.92 Å². The number of hydrogen-bond donors (Lipinski definition) is 1. The van der Waals surface area contributed by atoms with Gasteiger partial charge in [-0.3, -0.25) is 4.68 Å². The average Bonchev–Trinajstić information content (AvgIpc) is 2.98. The van der Waals surface area contributed by atoms with Gasteiger partial charge < -0.3 is 5.11 Å². The van der Waals surface area contributed by atoms with Crippen molar-refractivity contribution >= 4 is 0 Å². The van der Waals surface area contributed by atoms with E-state index in [1.54, 1.807) is 0 Å². The summed E-state index contributed by atoms with van der Waals surface area (Å²) < 4.78 is 2.15. The third-order valence-electron chi connectivity index (χ3n) is 4.06. The molecule has 0 amide bonds. The molecule has 1 saturated carbocycles. The largest absolute Gasteiger partial charge is 0.393 e. The second-order valence-electron chi connectivity index (χ2n) is 5.93. The SMILES string of the molecule is CC(C)C(O)CCCc1ccn(C2CCCC2)n1. The van der Waals surface area contributed by atoms with E-state index in [-0.39, 0.29) is 6.10 Å². The van der Waals surface area contributed by atoms with Gasteiger partial charge in [0.25, 0.3) is 0 Å². The highest BCUT2D eigenvalue weighted by Gasteiger charge is 2.17. The molecule has 1 aromatic heterocycles. The lowest BCUT2D eigenvalue weighted by Gasteiger charge is -2.13. The van der Waals surface area contributed by atoms with Crippen molar-refractivity contribution in [2.24, 2.45) is 5.92 Å². The number of aromatic nitrogens is 2. The van der Waals surface area contributed by atoms with Gasteiger partial charge in [0.05, 0.1) is 17.8 Å². The van der Waals surface area contributed by atoms with Crippen molar-refractivity contribution in [2.45, 2.75) is 70.9 Å². The molecule has 1 unspecified atom stereocenters. The summed E-state index contributed by atoms with van der Waals surface area (Å²) in [5.74, 6) is 0.362. The van der Waals surface area contributed by atoms with Gasteiger partial charge in [-0.1, -0.05) is 26.7 Å². The highest BCUT2D eigenvalue weighted by molar-refractivity contribution is 5.00. The first-order valence-corrected chi connectivity index (χ1v) is 7.39. The molecule has 1 N–H and O–H groups in total. The van der Waals surface area contributed by atoms with Gasteiger partial charge in [0.15, 0.2) is 0 Å². The maximum Gasteiger partial charge on any atom is 0.0624 e. The van der Waals surface area contributed by atoms with Crippen molar-refractivity contribution < 1.29 is 5.11 Å². The minimum Gasteiger partial charge on any atom is -0.393 e. The molecule has 102 valence electrons. The van der Waals surface area contributed by atoms with E-state index in [0.29, 0.717) is 12.0 Å². The molecule has 0 aromatic carbocycles. The standard InChI is InChI=1S/C15H26N2O/c1-12(2)15(18)9-5-6-13-10-11-17(16-13)14-7-3-4-8-14/h10-12,14-15,18H,3-9H2,1-2H3. The van der Waals surface area contributed by atoms with E-state index < -0.39 is 0 Å². The van der Waals surface area contributed by atoms with Crippen LogP contribution in [0.5, 0.6) is 0 Å². The predicted octanol–water partition coefficient (Wildman–Crippen LogP) is 3.34. The lowest BCUT2D eigenvalue weighted by molar-refractivity contribution is 0.114. The highest BCUT2D eigenvalue weighted by atomic mass is 16.3. The first-order chi connectivity index (χ1) is 8.66. The molecule has 0 bridgehead atoms. The van der Waals surface area contributed by atoms with E-state index in [1.807, 2.05) is 0 Å². The van der Waals surface area contributed by atoms with Crippen molar-refractivity contribution in [2.75, 3.05) is 0 Å². The van der Waals surface area contributed by atoms with Crippen LogP contribution in [0.15, 0.2) is 12.3 Å². The van der Waals surface area contributed by atoms with Gasteiger partial charge in [0.2, 0.25) is 0 Å². The summed E-state index contributed by atoms with van der Waals surface area (Å²) in [5, 5.41) is 14.4. The van der Waals surface area contributed by atoms with E-state index in [2.05, 4.69) is 35.9 Å². The van der Waals surface area contributed by atoms with Crippen LogP contribution < -0.4 is 0 Å². The number of rotatable bonds is 6. The first-order valence-electron chi connectivity index (χ1n) is 7.39. The number of hydrogen-bond acceptors (Lipinski definition) is 2. The molecule has 0 radical (unpaired) electrons. The molecule has 3 heteroatoms. The van der Waals surface area contributed by atoms with Gasteiger partial charge in [0, 0.05) is 6.20 Å². The summed E-state index contributed by atoms with van der Waals surface area (Å²) in [4.78, 5) is 0. The Kier molecular flexibility index (Phi) is 4.81. The highest BCUT2D eigenvalue weighted by Crippen LogP contribution is 2.28. The summed E-state index contributed by atoms with van der Waals surface area (Å²) in [6.07, 6.45) is 10.1.